The number of alkyl carbamates (subject to hydrolysis) is 1. The number of hydrogen-bond donors (Lipinski definition) is 2. The van der Waals surface area contributed by atoms with E-state index in [-0.39, 0.29) is 18.3 Å². The van der Waals surface area contributed by atoms with Crippen LogP contribution in [0.3, 0.4) is 0 Å². The number of unbranched alkanes of at least 4 members (excludes halogenated alkanes) is 3. The first-order valence-corrected chi connectivity index (χ1v) is 7.84. The molecule has 0 aliphatic carbocycles. The van der Waals surface area contributed by atoms with Gasteiger partial charge in [0, 0.05) is 24.7 Å². The Hall–Kier alpha value is -2.37. The van der Waals surface area contributed by atoms with Crippen LogP contribution in [0.4, 0.5) is 10.5 Å². The predicted molar refractivity (Wildman–Crippen MR) is 88.6 cm³/mol. The summed E-state index contributed by atoms with van der Waals surface area (Å²) in [6.07, 6.45) is 3.64. The van der Waals surface area contributed by atoms with Gasteiger partial charge in [0.25, 0.3) is 0 Å². The van der Waals surface area contributed by atoms with Gasteiger partial charge in [-0.1, -0.05) is 38.3 Å². The number of Topliss-reactive ketones (excluding diaryl/α,β-unsaturated/α-hetero) is 1. The van der Waals surface area contributed by atoms with Crippen LogP contribution in [0.5, 0.6) is 0 Å². The summed E-state index contributed by atoms with van der Waals surface area (Å²) in [5, 5.41) is 5.21. The van der Waals surface area contributed by atoms with Crippen molar-refractivity contribution in [3.05, 3.63) is 29.8 Å². The Labute approximate surface area is 136 Å². The van der Waals surface area contributed by atoms with Gasteiger partial charge in [-0.25, -0.2) is 4.79 Å². The summed E-state index contributed by atoms with van der Waals surface area (Å²) < 4.78 is 4.90. The van der Waals surface area contributed by atoms with Crippen LogP contribution in [0, 0.1) is 0 Å². The zero-order valence-corrected chi connectivity index (χ0v) is 13.7. The monoisotopic (exact) mass is 320 g/mol. The number of benzene rings is 1. The second-order valence-electron chi connectivity index (χ2n) is 5.25. The molecule has 23 heavy (non-hydrogen) atoms. The lowest BCUT2D eigenvalue weighted by atomic mass is 10.1. The molecule has 0 bridgehead atoms. The maximum absolute atomic E-state index is 12.0. The molecule has 0 aliphatic rings. The zero-order valence-electron chi connectivity index (χ0n) is 13.7. The first-order valence-electron chi connectivity index (χ1n) is 7.84. The van der Waals surface area contributed by atoms with Gasteiger partial charge in [-0.2, -0.15) is 0 Å². The fraction of sp³-hybridized carbons (Fsp3) is 0.471. The molecule has 0 aromatic heterocycles. The molecule has 1 aromatic carbocycles. The van der Waals surface area contributed by atoms with Crippen molar-refractivity contribution in [2.24, 2.45) is 0 Å². The highest BCUT2D eigenvalue weighted by molar-refractivity contribution is 5.99. The maximum Gasteiger partial charge on any atom is 0.407 e. The van der Waals surface area contributed by atoms with Crippen LogP contribution in [0.25, 0.3) is 0 Å². The van der Waals surface area contributed by atoms with E-state index in [1.807, 2.05) is 0 Å². The van der Waals surface area contributed by atoms with E-state index >= 15 is 0 Å². The number of ketones is 1. The third-order valence-corrected chi connectivity index (χ3v) is 3.14. The van der Waals surface area contributed by atoms with Gasteiger partial charge < -0.3 is 15.4 Å². The van der Waals surface area contributed by atoms with E-state index in [0.29, 0.717) is 17.8 Å². The van der Waals surface area contributed by atoms with Crippen LogP contribution in [0.1, 0.15) is 49.9 Å². The summed E-state index contributed by atoms with van der Waals surface area (Å²) in [4.78, 5) is 34.5. The minimum Gasteiger partial charge on any atom is -0.441 e. The highest BCUT2D eigenvalue weighted by atomic mass is 16.5. The predicted octanol–water partition coefficient (Wildman–Crippen LogP) is 3.13. The molecule has 2 N–H and O–H groups in total. The molecule has 0 saturated heterocycles. The number of nitrogens with one attached hydrogen (secondary N) is 2. The van der Waals surface area contributed by atoms with E-state index in [9.17, 15) is 14.4 Å². The minimum absolute atomic E-state index is 0.215. The topological polar surface area (TPSA) is 84.5 Å². The lowest BCUT2D eigenvalue weighted by molar-refractivity contribution is -0.114. The van der Waals surface area contributed by atoms with E-state index in [0.717, 1.165) is 25.7 Å². The van der Waals surface area contributed by atoms with Gasteiger partial charge in [0.05, 0.1) is 0 Å². The molecule has 2 amide bonds. The van der Waals surface area contributed by atoms with Crippen LogP contribution in [-0.4, -0.2) is 30.9 Å². The number of anilines is 1. The molecule has 0 atom stereocenters. The van der Waals surface area contributed by atoms with Crippen molar-refractivity contribution < 1.29 is 19.1 Å². The molecule has 1 aromatic rings. The molecule has 0 saturated carbocycles. The van der Waals surface area contributed by atoms with Crippen molar-refractivity contribution in [2.45, 2.75) is 39.5 Å². The smallest absolute Gasteiger partial charge is 0.407 e. The summed E-state index contributed by atoms with van der Waals surface area (Å²) in [5.41, 5.74) is 0.913. The second-order valence-corrected chi connectivity index (χ2v) is 5.25. The molecule has 6 nitrogen and oxygen atoms in total. The van der Waals surface area contributed by atoms with Crippen LogP contribution >= 0.6 is 0 Å². The number of carbonyl (C=O) groups excluding carboxylic acids is 3. The molecule has 0 aliphatic heterocycles. The lowest BCUT2D eigenvalue weighted by Gasteiger charge is -2.07. The first kappa shape index (κ1) is 18.7. The van der Waals surface area contributed by atoms with Crippen molar-refractivity contribution in [1.29, 1.82) is 0 Å². The number of hydrogen-bond acceptors (Lipinski definition) is 4. The molecule has 0 unspecified atom stereocenters. The van der Waals surface area contributed by atoms with Gasteiger partial charge in [-0.05, 0) is 18.6 Å². The average molecular weight is 320 g/mol. The molecule has 0 heterocycles. The fourth-order valence-corrected chi connectivity index (χ4v) is 1.98. The highest BCUT2D eigenvalue weighted by Gasteiger charge is 2.10. The van der Waals surface area contributed by atoms with Gasteiger partial charge in [0.2, 0.25) is 5.91 Å². The van der Waals surface area contributed by atoms with Gasteiger partial charge in [0.15, 0.2) is 12.4 Å². The summed E-state index contributed by atoms with van der Waals surface area (Å²) in [5.74, 6) is -0.536. The van der Waals surface area contributed by atoms with Crippen LogP contribution < -0.4 is 10.6 Å². The van der Waals surface area contributed by atoms with Crippen LogP contribution in [0.15, 0.2) is 24.3 Å². The van der Waals surface area contributed by atoms with Crippen molar-refractivity contribution in [3.63, 3.8) is 0 Å². The molecule has 0 radical (unpaired) electrons. The van der Waals surface area contributed by atoms with Gasteiger partial charge in [0.1, 0.15) is 0 Å². The number of carbonyl (C=O) groups is 3. The maximum atomic E-state index is 12.0. The Morgan fingerprint density at radius 2 is 1.91 bits per heavy atom. The number of amides is 2. The standard InChI is InChI=1S/C17H24N2O4/c1-3-4-5-6-10-18-17(22)23-12-16(21)14-8-7-9-15(11-14)19-13(2)20/h7-9,11H,3-6,10,12H2,1-2H3,(H,18,22)(H,19,20). The van der Waals surface area contributed by atoms with Crippen LogP contribution in [-0.2, 0) is 9.53 Å². The Kier molecular flexibility index (Phi) is 8.42. The molecular weight excluding hydrogens is 296 g/mol. The highest BCUT2D eigenvalue weighted by Crippen LogP contribution is 2.11. The van der Waals surface area contributed by atoms with Gasteiger partial charge in [-0.3, -0.25) is 9.59 Å². The van der Waals surface area contributed by atoms with E-state index in [2.05, 4.69) is 17.6 Å². The van der Waals surface area contributed by atoms with Crippen molar-refractivity contribution in [1.82, 2.24) is 5.32 Å². The van der Waals surface area contributed by atoms with E-state index in [1.165, 1.54) is 6.92 Å². The quantitative estimate of drug-likeness (QED) is 0.541. The van der Waals surface area contributed by atoms with Gasteiger partial charge >= 0.3 is 6.09 Å². The van der Waals surface area contributed by atoms with Crippen LogP contribution in [0.2, 0.25) is 0 Å². The summed E-state index contributed by atoms with van der Waals surface area (Å²) in [7, 11) is 0. The second kappa shape index (κ2) is 10.4. The molecule has 0 fully saturated rings. The van der Waals surface area contributed by atoms with Gasteiger partial charge in [-0.15, -0.1) is 0 Å². The number of rotatable bonds is 9. The molecular formula is C17H24N2O4. The molecule has 0 spiro atoms. The normalized spacial score (nSPS) is 10.0. The third kappa shape index (κ3) is 7.99. The Bertz CT molecular complexity index is 543. The average Bonchev–Trinajstić information content (AvgIpc) is 2.52. The zero-order chi connectivity index (χ0) is 17.1. The van der Waals surface area contributed by atoms with E-state index in [4.69, 9.17) is 4.74 Å². The molecule has 1 rings (SSSR count). The largest absolute Gasteiger partial charge is 0.441 e. The number of ether oxygens (including phenoxy) is 1. The Balaban J connectivity index is 2.35. The fourth-order valence-electron chi connectivity index (χ4n) is 1.98. The first-order chi connectivity index (χ1) is 11.0. The van der Waals surface area contributed by atoms with Crippen molar-refractivity contribution in [2.75, 3.05) is 18.5 Å². The molecule has 6 heteroatoms. The third-order valence-electron chi connectivity index (χ3n) is 3.14. The molecule has 126 valence electrons. The minimum atomic E-state index is -0.590. The Morgan fingerprint density at radius 3 is 2.61 bits per heavy atom. The summed E-state index contributed by atoms with van der Waals surface area (Å²) in [6.45, 7) is 3.73. The van der Waals surface area contributed by atoms with E-state index in [1.54, 1.807) is 24.3 Å². The SMILES string of the molecule is CCCCCCNC(=O)OCC(=O)c1cccc(NC(C)=O)c1. The van der Waals surface area contributed by atoms with Crippen molar-refractivity contribution >= 4 is 23.5 Å². The summed E-state index contributed by atoms with van der Waals surface area (Å²) >= 11 is 0. The summed E-state index contributed by atoms with van der Waals surface area (Å²) in [6, 6.07) is 6.50. The van der Waals surface area contributed by atoms with Crippen molar-refractivity contribution in [3.8, 4) is 0 Å². The van der Waals surface area contributed by atoms with E-state index < -0.39 is 6.09 Å². The Morgan fingerprint density at radius 1 is 1.13 bits per heavy atom. The lowest BCUT2D eigenvalue weighted by Crippen LogP contribution is -2.27.